The Morgan fingerprint density at radius 3 is 2.15 bits per heavy atom. The molecule has 0 radical (unpaired) electrons. The summed E-state index contributed by atoms with van der Waals surface area (Å²) in [4.78, 5) is 13.4. The summed E-state index contributed by atoms with van der Waals surface area (Å²) in [6, 6.07) is 17.6. The highest BCUT2D eigenvalue weighted by molar-refractivity contribution is 7.89. The van der Waals surface area contributed by atoms with E-state index in [2.05, 4.69) is 15.4 Å². The number of amides is 1. The average molecular weight is 658 g/mol. The van der Waals surface area contributed by atoms with E-state index in [9.17, 15) is 26.4 Å². The summed E-state index contributed by atoms with van der Waals surface area (Å²) in [6.45, 7) is 2.72. The summed E-state index contributed by atoms with van der Waals surface area (Å²) < 4.78 is 91.0. The summed E-state index contributed by atoms with van der Waals surface area (Å²) in [6.07, 6.45) is -0.0257. The maximum absolute atomic E-state index is 15.2. The van der Waals surface area contributed by atoms with Gasteiger partial charge in [-0.3, -0.25) is 4.79 Å². The molecule has 0 spiro atoms. The molecule has 1 unspecified atom stereocenters. The molecule has 7 nitrogen and oxygen atoms in total. The van der Waals surface area contributed by atoms with Crippen LogP contribution < -0.4 is 20.1 Å². The lowest BCUT2D eigenvalue weighted by atomic mass is 9.88. The second-order valence-corrected chi connectivity index (χ2v) is 12.4. The van der Waals surface area contributed by atoms with Gasteiger partial charge in [0.15, 0.2) is 0 Å². The third-order valence-corrected chi connectivity index (χ3v) is 8.95. The minimum atomic E-state index is -3.92. The van der Waals surface area contributed by atoms with Crippen LogP contribution in [-0.2, 0) is 21.2 Å². The maximum atomic E-state index is 15.2. The van der Waals surface area contributed by atoms with E-state index in [0.717, 1.165) is 12.1 Å². The molecule has 1 amide bonds. The van der Waals surface area contributed by atoms with E-state index in [-0.39, 0.29) is 47.5 Å². The summed E-state index contributed by atoms with van der Waals surface area (Å²) in [5.41, 5.74) is 0.968. The smallest absolute Gasteiger partial charge is 0.240 e. The molecule has 0 fully saturated rings. The lowest BCUT2D eigenvalue weighted by Gasteiger charge is -2.21. The molecule has 0 aliphatic heterocycles. The highest BCUT2D eigenvalue weighted by Gasteiger charge is 2.24. The minimum absolute atomic E-state index is 0.0440. The fourth-order valence-electron chi connectivity index (χ4n) is 5.10. The predicted molar refractivity (Wildman–Crippen MR) is 168 cm³/mol. The van der Waals surface area contributed by atoms with Gasteiger partial charge in [0.1, 0.15) is 29.0 Å². The second kappa shape index (κ2) is 15.8. The van der Waals surface area contributed by atoms with Crippen molar-refractivity contribution in [3.63, 3.8) is 0 Å². The van der Waals surface area contributed by atoms with Gasteiger partial charge in [-0.25, -0.2) is 30.7 Å². The van der Waals surface area contributed by atoms with Crippen molar-refractivity contribution in [2.45, 2.75) is 43.0 Å². The van der Waals surface area contributed by atoms with Gasteiger partial charge in [0.05, 0.1) is 12.0 Å². The van der Waals surface area contributed by atoms with Crippen molar-refractivity contribution in [1.82, 2.24) is 10.0 Å². The first kappa shape index (κ1) is 34.6. The van der Waals surface area contributed by atoms with Gasteiger partial charge < -0.3 is 15.4 Å². The Labute approximate surface area is 266 Å². The SMILES string of the molecule is CCNCC(CCc1c(F)cccc1NC(=O)C[C@@H](c1ccc(F)cc1)c1cc(F)cc(F)c1)NS(=O)(=O)c1ccc(OC)cc1. The molecule has 0 saturated heterocycles. The van der Waals surface area contributed by atoms with Crippen LogP contribution in [0.5, 0.6) is 5.75 Å². The van der Waals surface area contributed by atoms with Crippen molar-refractivity contribution in [1.29, 1.82) is 0 Å². The second-order valence-electron chi connectivity index (χ2n) is 10.7. The Balaban J connectivity index is 1.53. The van der Waals surface area contributed by atoms with Crippen LogP contribution in [0.4, 0.5) is 23.2 Å². The third kappa shape index (κ3) is 9.38. The van der Waals surface area contributed by atoms with E-state index in [0.29, 0.717) is 23.9 Å². The molecule has 0 aromatic heterocycles. The van der Waals surface area contributed by atoms with Gasteiger partial charge in [0, 0.05) is 42.2 Å². The van der Waals surface area contributed by atoms with Crippen LogP contribution in [0.2, 0.25) is 0 Å². The summed E-state index contributed by atoms with van der Waals surface area (Å²) in [5.74, 6) is -3.67. The lowest BCUT2D eigenvalue weighted by Crippen LogP contribution is -2.42. The third-order valence-electron chi connectivity index (χ3n) is 7.42. The van der Waals surface area contributed by atoms with E-state index in [1.54, 1.807) is 0 Å². The first-order chi connectivity index (χ1) is 22.0. The number of hydrogen-bond acceptors (Lipinski definition) is 5. The highest BCUT2D eigenvalue weighted by Crippen LogP contribution is 2.31. The Morgan fingerprint density at radius 1 is 0.848 bits per heavy atom. The first-order valence-electron chi connectivity index (χ1n) is 14.6. The van der Waals surface area contributed by atoms with Gasteiger partial charge in [-0.15, -0.1) is 0 Å². The van der Waals surface area contributed by atoms with Gasteiger partial charge in [0.25, 0.3) is 0 Å². The van der Waals surface area contributed by atoms with Crippen LogP contribution in [0.1, 0.15) is 42.4 Å². The van der Waals surface area contributed by atoms with E-state index >= 15 is 4.39 Å². The van der Waals surface area contributed by atoms with Crippen LogP contribution in [-0.4, -0.2) is 40.6 Å². The van der Waals surface area contributed by atoms with E-state index in [1.165, 1.54) is 73.8 Å². The molecule has 0 heterocycles. The molecule has 0 aliphatic carbocycles. The number of anilines is 1. The number of rotatable bonds is 15. The molecule has 0 bridgehead atoms. The van der Waals surface area contributed by atoms with Crippen LogP contribution in [0.3, 0.4) is 0 Å². The Bertz CT molecular complexity index is 1720. The van der Waals surface area contributed by atoms with E-state index in [1.807, 2.05) is 6.92 Å². The number of sulfonamides is 1. The monoisotopic (exact) mass is 657 g/mol. The van der Waals surface area contributed by atoms with Crippen LogP contribution in [0.15, 0.2) is 89.8 Å². The Kier molecular flexibility index (Phi) is 11.9. The summed E-state index contributed by atoms with van der Waals surface area (Å²) >= 11 is 0. The summed E-state index contributed by atoms with van der Waals surface area (Å²) in [7, 11) is -2.44. The zero-order valence-electron chi connectivity index (χ0n) is 25.3. The van der Waals surface area contributed by atoms with Gasteiger partial charge in [0.2, 0.25) is 15.9 Å². The molecular formula is C34H35F4N3O4S. The number of hydrogen-bond donors (Lipinski definition) is 3. The van der Waals surface area contributed by atoms with Crippen molar-refractivity contribution in [2.24, 2.45) is 0 Å². The van der Waals surface area contributed by atoms with Crippen molar-refractivity contribution >= 4 is 21.6 Å². The number of ether oxygens (including phenoxy) is 1. The van der Waals surface area contributed by atoms with Crippen LogP contribution >= 0.6 is 0 Å². The predicted octanol–water partition coefficient (Wildman–Crippen LogP) is 6.30. The number of likely N-dealkylation sites (N-methyl/N-ethyl adjacent to an activating group) is 1. The normalized spacial score (nSPS) is 12.8. The Morgan fingerprint density at radius 2 is 1.52 bits per heavy atom. The van der Waals surface area contributed by atoms with Crippen molar-refractivity contribution in [3.05, 3.63) is 125 Å². The molecule has 46 heavy (non-hydrogen) atoms. The van der Waals surface area contributed by atoms with Crippen molar-refractivity contribution < 1.29 is 35.5 Å². The molecule has 4 rings (SSSR count). The molecular weight excluding hydrogens is 622 g/mol. The van der Waals surface area contributed by atoms with Crippen molar-refractivity contribution in [3.8, 4) is 5.75 Å². The lowest BCUT2D eigenvalue weighted by molar-refractivity contribution is -0.116. The molecule has 0 aliphatic rings. The number of carbonyl (C=O) groups is 1. The largest absolute Gasteiger partial charge is 0.497 e. The zero-order valence-corrected chi connectivity index (χ0v) is 26.1. The summed E-state index contributed by atoms with van der Waals surface area (Å²) in [5, 5.41) is 5.82. The highest BCUT2D eigenvalue weighted by atomic mass is 32.2. The molecule has 4 aromatic rings. The molecule has 3 N–H and O–H groups in total. The van der Waals surface area contributed by atoms with Gasteiger partial charge in [-0.05, 0) is 91.2 Å². The number of methoxy groups -OCH3 is 1. The molecule has 244 valence electrons. The van der Waals surface area contributed by atoms with E-state index < -0.39 is 51.2 Å². The van der Waals surface area contributed by atoms with Crippen molar-refractivity contribution in [2.75, 3.05) is 25.5 Å². The molecule has 12 heteroatoms. The quantitative estimate of drug-likeness (QED) is 0.131. The molecule has 4 aromatic carbocycles. The fraction of sp³-hybridized carbons (Fsp3) is 0.265. The first-order valence-corrected chi connectivity index (χ1v) is 16.1. The molecule has 2 atom stereocenters. The number of halogens is 4. The fourth-order valence-corrected chi connectivity index (χ4v) is 6.37. The number of nitrogens with one attached hydrogen (secondary N) is 3. The van der Waals surface area contributed by atoms with Crippen LogP contribution in [0, 0.1) is 23.3 Å². The average Bonchev–Trinajstić information content (AvgIpc) is 3.02. The standard InChI is InChI=1S/C34H35F4N3O4S/c1-3-39-21-27(41-46(43,44)29-14-12-28(45-2)13-15-29)11-16-30-32(38)5-4-6-33(30)40-34(42)20-31(22-7-9-24(35)10-8-22)23-17-25(36)19-26(37)18-23/h4-10,12-15,17-19,27,31,39,41H,3,11,16,20-21H2,1-2H3,(H,40,42)/t27?,31-/m0/s1. The zero-order chi connectivity index (χ0) is 33.3. The van der Waals surface area contributed by atoms with Crippen LogP contribution in [0.25, 0.3) is 0 Å². The topological polar surface area (TPSA) is 96.5 Å². The van der Waals surface area contributed by atoms with Gasteiger partial charge >= 0.3 is 0 Å². The Hall–Kier alpha value is -4.26. The number of carbonyl (C=O) groups excluding carboxylic acids is 1. The van der Waals surface area contributed by atoms with E-state index in [4.69, 9.17) is 4.74 Å². The number of benzene rings is 4. The van der Waals surface area contributed by atoms with Gasteiger partial charge in [-0.1, -0.05) is 25.1 Å². The van der Waals surface area contributed by atoms with Gasteiger partial charge in [-0.2, -0.15) is 0 Å². The maximum Gasteiger partial charge on any atom is 0.240 e. The molecule has 0 saturated carbocycles. The minimum Gasteiger partial charge on any atom is -0.497 e.